The molecular formula is C23H34O3. The van der Waals surface area contributed by atoms with Crippen LogP contribution < -0.4 is 0 Å². The van der Waals surface area contributed by atoms with Crippen LogP contribution in [0.3, 0.4) is 0 Å². The fraction of sp³-hybridized carbons (Fsp3) is 0.522. The summed E-state index contributed by atoms with van der Waals surface area (Å²) in [5, 5.41) is 19.3. The topological polar surface area (TPSA) is 57.5 Å². The number of rotatable bonds is 13. The van der Waals surface area contributed by atoms with E-state index in [4.69, 9.17) is 0 Å². The van der Waals surface area contributed by atoms with Crippen LogP contribution in [-0.2, 0) is 4.79 Å². The van der Waals surface area contributed by atoms with Gasteiger partial charge in [-0.2, -0.15) is 0 Å². The fourth-order valence-electron chi connectivity index (χ4n) is 3.41. The number of aliphatic hydroxyl groups excluding tert-OH is 1. The molecule has 1 unspecified atom stereocenters. The lowest BCUT2D eigenvalue weighted by Crippen LogP contribution is -2.27. The minimum absolute atomic E-state index is 0.0858. The molecule has 2 N–H and O–H groups in total. The first-order valence-corrected chi connectivity index (χ1v) is 9.75. The Kier molecular flexibility index (Phi) is 10.5. The Hall–Kier alpha value is -2.03. The molecule has 26 heavy (non-hydrogen) atoms. The van der Waals surface area contributed by atoms with Crippen molar-refractivity contribution in [2.75, 3.05) is 0 Å². The van der Waals surface area contributed by atoms with Crippen LogP contribution in [0.2, 0.25) is 0 Å². The predicted molar refractivity (Wildman–Crippen MR) is 109 cm³/mol. The molecule has 3 nitrogen and oxygen atoms in total. The second kappa shape index (κ2) is 12.3. The van der Waals surface area contributed by atoms with E-state index >= 15 is 0 Å². The van der Waals surface area contributed by atoms with Crippen molar-refractivity contribution in [2.24, 2.45) is 5.41 Å². The second-order valence-corrected chi connectivity index (χ2v) is 7.24. The molecule has 0 radical (unpaired) electrons. The highest BCUT2D eigenvalue weighted by Gasteiger charge is 2.36. The molecule has 3 heteroatoms. The Morgan fingerprint density at radius 3 is 2.50 bits per heavy atom. The SMILES string of the molecule is C=CC/C=C\C/C=C\CCCCCCCC1(C)CC=CC(O)=C1C(=O)O. The minimum atomic E-state index is -1.000. The van der Waals surface area contributed by atoms with E-state index in [1.807, 2.05) is 19.1 Å². The van der Waals surface area contributed by atoms with Gasteiger partial charge in [-0.1, -0.05) is 69.1 Å². The zero-order valence-electron chi connectivity index (χ0n) is 16.1. The molecule has 0 bridgehead atoms. The molecule has 1 aliphatic rings. The molecule has 0 aromatic rings. The van der Waals surface area contributed by atoms with Gasteiger partial charge in [0.25, 0.3) is 0 Å². The number of hydrogen-bond donors (Lipinski definition) is 2. The first-order chi connectivity index (χ1) is 12.5. The van der Waals surface area contributed by atoms with Gasteiger partial charge in [-0.05, 0) is 44.6 Å². The number of unbranched alkanes of at least 4 members (excludes halogenated alkanes) is 5. The van der Waals surface area contributed by atoms with Crippen molar-refractivity contribution >= 4 is 5.97 Å². The molecule has 0 heterocycles. The van der Waals surface area contributed by atoms with E-state index in [2.05, 4.69) is 30.9 Å². The van der Waals surface area contributed by atoms with Crippen LogP contribution >= 0.6 is 0 Å². The van der Waals surface area contributed by atoms with E-state index in [0.717, 1.165) is 38.5 Å². The van der Waals surface area contributed by atoms with Gasteiger partial charge in [0.1, 0.15) is 5.76 Å². The zero-order valence-corrected chi connectivity index (χ0v) is 16.1. The average Bonchev–Trinajstić information content (AvgIpc) is 2.58. The molecule has 0 aromatic carbocycles. The lowest BCUT2D eigenvalue weighted by Gasteiger charge is -2.32. The van der Waals surface area contributed by atoms with Crippen molar-refractivity contribution < 1.29 is 15.0 Å². The quantitative estimate of drug-likeness (QED) is 0.286. The molecule has 0 aromatic heterocycles. The van der Waals surface area contributed by atoms with Crippen LogP contribution in [0.15, 0.2) is 60.4 Å². The van der Waals surface area contributed by atoms with Crippen molar-refractivity contribution in [1.29, 1.82) is 0 Å². The predicted octanol–water partition coefficient (Wildman–Crippen LogP) is 6.66. The van der Waals surface area contributed by atoms with E-state index in [1.54, 1.807) is 0 Å². The van der Waals surface area contributed by atoms with Crippen molar-refractivity contribution in [3.8, 4) is 0 Å². The molecule has 144 valence electrons. The summed E-state index contributed by atoms with van der Waals surface area (Å²) in [4.78, 5) is 11.4. The molecule has 0 spiro atoms. The Morgan fingerprint density at radius 1 is 1.12 bits per heavy atom. The summed E-state index contributed by atoms with van der Waals surface area (Å²) in [5.74, 6) is -1.09. The van der Waals surface area contributed by atoms with Crippen LogP contribution in [0, 0.1) is 5.41 Å². The summed E-state index contributed by atoms with van der Waals surface area (Å²) in [6, 6.07) is 0. The highest BCUT2D eigenvalue weighted by molar-refractivity contribution is 5.89. The van der Waals surface area contributed by atoms with Crippen molar-refractivity contribution in [2.45, 2.75) is 71.1 Å². The van der Waals surface area contributed by atoms with E-state index in [0.29, 0.717) is 6.42 Å². The zero-order chi connectivity index (χ0) is 19.3. The summed E-state index contributed by atoms with van der Waals surface area (Å²) < 4.78 is 0. The normalized spacial score (nSPS) is 20.3. The van der Waals surface area contributed by atoms with Crippen LogP contribution in [0.25, 0.3) is 0 Å². The van der Waals surface area contributed by atoms with E-state index in [9.17, 15) is 15.0 Å². The van der Waals surface area contributed by atoms with E-state index < -0.39 is 11.4 Å². The number of aliphatic carboxylic acids is 1. The van der Waals surface area contributed by atoms with Crippen molar-refractivity contribution in [3.05, 3.63) is 60.4 Å². The number of carbonyl (C=O) groups is 1. The van der Waals surface area contributed by atoms with Crippen LogP contribution in [0.4, 0.5) is 0 Å². The highest BCUT2D eigenvalue weighted by atomic mass is 16.4. The third kappa shape index (κ3) is 7.90. The van der Waals surface area contributed by atoms with Gasteiger partial charge in [-0.15, -0.1) is 6.58 Å². The second-order valence-electron chi connectivity index (χ2n) is 7.24. The summed E-state index contributed by atoms with van der Waals surface area (Å²) in [7, 11) is 0. The molecule has 0 aliphatic heterocycles. The summed E-state index contributed by atoms with van der Waals surface area (Å²) in [5.41, 5.74) is -0.278. The molecular weight excluding hydrogens is 324 g/mol. The average molecular weight is 359 g/mol. The molecule has 1 rings (SSSR count). The lowest BCUT2D eigenvalue weighted by molar-refractivity contribution is -0.134. The standard InChI is InChI=1S/C23H34O3/c1-3-4-5-6-7-8-9-10-11-12-13-14-15-18-23(2)19-16-17-20(24)21(23)22(25)26/h3,5-6,8-9,16-17,24H,1,4,7,10-15,18-19H2,2H3,(H,25,26)/b6-5-,9-8-. The third-order valence-electron chi connectivity index (χ3n) is 4.93. The monoisotopic (exact) mass is 358 g/mol. The van der Waals surface area contributed by atoms with Crippen LogP contribution in [0.1, 0.15) is 71.1 Å². The molecule has 0 saturated heterocycles. The van der Waals surface area contributed by atoms with Crippen LogP contribution in [0.5, 0.6) is 0 Å². The molecule has 0 fully saturated rings. The van der Waals surface area contributed by atoms with Gasteiger partial charge in [0.05, 0.1) is 5.57 Å². The Balaban J connectivity index is 2.15. The van der Waals surface area contributed by atoms with Gasteiger partial charge < -0.3 is 10.2 Å². The molecule has 0 amide bonds. The number of hydrogen-bond acceptors (Lipinski definition) is 2. The first kappa shape index (κ1) is 22.0. The van der Waals surface area contributed by atoms with E-state index in [-0.39, 0.29) is 11.3 Å². The maximum Gasteiger partial charge on any atom is 0.335 e. The summed E-state index contributed by atoms with van der Waals surface area (Å²) >= 11 is 0. The lowest BCUT2D eigenvalue weighted by atomic mass is 9.72. The van der Waals surface area contributed by atoms with Crippen LogP contribution in [-0.4, -0.2) is 16.2 Å². The van der Waals surface area contributed by atoms with Gasteiger partial charge in [-0.25, -0.2) is 4.79 Å². The van der Waals surface area contributed by atoms with Crippen molar-refractivity contribution in [3.63, 3.8) is 0 Å². The summed E-state index contributed by atoms with van der Waals surface area (Å²) in [6.07, 6.45) is 24.3. The van der Waals surface area contributed by atoms with Gasteiger partial charge in [0, 0.05) is 5.41 Å². The number of carboxylic acids is 1. The Morgan fingerprint density at radius 2 is 1.77 bits per heavy atom. The Labute approximate surface area is 158 Å². The van der Waals surface area contributed by atoms with Crippen molar-refractivity contribution in [1.82, 2.24) is 0 Å². The molecule has 1 atom stereocenters. The number of carboxylic acid groups (broad SMARTS) is 1. The van der Waals surface area contributed by atoms with Gasteiger partial charge in [0.2, 0.25) is 0 Å². The largest absolute Gasteiger partial charge is 0.507 e. The minimum Gasteiger partial charge on any atom is -0.507 e. The Bertz CT molecular complexity index is 566. The van der Waals surface area contributed by atoms with E-state index in [1.165, 1.54) is 25.3 Å². The highest BCUT2D eigenvalue weighted by Crippen LogP contribution is 2.41. The maximum atomic E-state index is 11.4. The third-order valence-corrected chi connectivity index (χ3v) is 4.93. The maximum absolute atomic E-state index is 11.4. The smallest absolute Gasteiger partial charge is 0.335 e. The van der Waals surface area contributed by atoms with Gasteiger partial charge in [-0.3, -0.25) is 0 Å². The van der Waals surface area contributed by atoms with Gasteiger partial charge >= 0.3 is 5.97 Å². The number of allylic oxidation sites excluding steroid dienone is 7. The first-order valence-electron chi connectivity index (χ1n) is 9.75. The van der Waals surface area contributed by atoms with Gasteiger partial charge in [0.15, 0.2) is 0 Å². The molecule has 1 aliphatic carbocycles. The number of aliphatic hydroxyl groups is 1. The fourth-order valence-corrected chi connectivity index (χ4v) is 3.41. The summed E-state index contributed by atoms with van der Waals surface area (Å²) in [6.45, 7) is 5.63. The molecule has 0 saturated carbocycles.